The predicted molar refractivity (Wildman–Crippen MR) is 164 cm³/mol. The van der Waals surface area contributed by atoms with Gasteiger partial charge in [-0.2, -0.15) is 0 Å². The molecule has 7 aromatic rings. The Morgan fingerprint density at radius 1 is 0.410 bits per heavy atom. The van der Waals surface area contributed by atoms with Gasteiger partial charge in [-0.15, -0.1) is 0 Å². The Morgan fingerprint density at radius 2 is 0.872 bits per heavy atom. The van der Waals surface area contributed by atoms with Crippen molar-refractivity contribution < 1.29 is 4.74 Å². The zero-order valence-electron chi connectivity index (χ0n) is 21.3. The van der Waals surface area contributed by atoms with E-state index in [1.807, 2.05) is 0 Å². The average molecular weight is 516 g/mol. The van der Waals surface area contributed by atoms with Crippen molar-refractivity contribution >= 4 is 50.6 Å². The zero-order valence-corrected chi connectivity index (χ0v) is 22.3. The zero-order chi connectivity index (χ0) is 25.8. The number of benzene rings is 6. The van der Waals surface area contributed by atoms with Gasteiger partial charge in [0, 0.05) is 16.5 Å². The van der Waals surface area contributed by atoms with Crippen molar-refractivity contribution in [1.82, 2.24) is 4.57 Å². The molecule has 2 nitrogen and oxygen atoms in total. The molecule has 0 radical (unpaired) electrons. The van der Waals surface area contributed by atoms with Crippen molar-refractivity contribution in [1.29, 1.82) is 0 Å². The lowest BCUT2D eigenvalue weighted by Gasteiger charge is -2.39. The molecule has 0 atom stereocenters. The normalized spacial score (nSPS) is 13.5. The van der Waals surface area contributed by atoms with Gasteiger partial charge in [-0.25, -0.2) is 0 Å². The molecule has 0 N–H and O–H groups in total. The summed E-state index contributed by atoms with van der Waals surface area (Å²) in [4.78, 5) is 0. The Labute approximate surface area is 228 Å². The fourth-order valence-electron chi connectivity index (χ4n) is 6.53. The molecular formula is C36H25NOSi. The van der Waals surface area contributed by atoms with E-state index in [0.29, 0.717) is 0 Å². The largest absolute Gasteiger partial charge is 0.458 e. The molecule has 0 spiro atoms. The summed E-state index contributed by atoms with van der Waals surface area (Å²) in [5, 5.41) is 7.84. The van der Waals surface area contributed by atoms with Gasteiger partial charge in [-0.3, -0.25) is 0 Å². The van der Waals surface area contributed by atoms with Gasteiger partial charge in [-0.1, -0.05) is 115 Å². The Balaban J connectivity index is 1.41. The monoisotopic (exact) mass is 515 g/mol. The molecule has 0 saturated carbocycles. The first-order valence-electron chi connectivity index (χ1n) is 13.4. The third-order valence-corrected chi connectivity index (χ3v) is 13.0. The minimum atomic E-state index is -2.63. The number of nitrogens with zero attached hydrogens (tertiary/aromatic N) is 1. The van der Waals surface area contributed by atoms with E-state index in [4.69, 9.17) is 4.74 Å². The number of hydrogen-bond acceptors (Lipinski definition) is 1. The standard InChI is InChI=1S/C36H25NOSi/c1-2-12-27(13-3-1)39(35-20-10-8-18-33(35)38-34-19-9-11-21-36(34)39)28-24-22-26(23-25-28)37-31-16-6-4-14-29(31)30-15-5-7-17-32(30)37/h1-25H. The first-order valence-corrected chi connectivity index (χ1v) is 15.4. The van der Waals surface area contributed by atoms with Gasteiger partial charge in [-0.05, 0) is 57.1 Å². The first kappa shape index (κ1) is 22.2. The quantitative estimate of drug-likeness (QED) is 0.253. The van der Waals surface area contributed by atoms with Gasteiger partial charge < -0.3 is 9.30 Å². The van der Waals surface area contributed by atoms with Crippen LogP contribution in [0.15, 0.2) is 152 Å². The number of para-hydroxylation sites is 4. The van der Waals surface area contributed by atoms with E-state index in [-0.39, 0.29) is 0 Å². The second kappa shape index (κ2) is 8.59. The molecule has 3 heteroatoms. The summed E-state index contributed by atoms with van der Waals surface area (Å²) in [7, 11) is -2.63. The summed E-state index contributed by atoms with van der Waals surface area (Å²) >= 11 is 0. The minimum absolute atomic E-state index is 0.957. The summed E-state index contributed by atoms with van der Waals surface area (Å²) in [5.74, 6) is 1.91. The van der Waals surface area contributed by atoms with Crippen LogP contribution in [0.1, 0.15) is 0 Å². The first-order chi connectivity index (χ1) is 19.4. The van der Waals surface area contributed by atoms with Gasteiger partial charge in [0.1, 0.15) is 11.5 Å². The molecule has 1 aliphatic rings. The minimum Gasteiger partial charge on any atom is -0.458 e. The van der Waals surface area contributed by atoms with E-state index >= 15 is 0 Å². The van der Waals surface area contributed by atoms with E-state index in [9.17, 15) is 0 Å². The van der Waals surface area contributed by atoms with Crippen LogP contribution in [-0.4, -0.2) is 12.6 Å². The fourth-order valence-corrected chi connectivity index (χ4v) is 11.5. The summed E-state index contributed by atoms with van der Waals surface area (Å²) in [6, 6.07) is 54.9. The van der Waals surface area contributed by atoms with Crippen molar-refractivity contribution in [2.75, 3.05) is 0 Å². The maximum Gasteiger partial charge on any atom is 0.188 e. The second-order valence-corrected chi connectivity index (χ2v) is 13.9. The predicted octanol–water partition coefficient (Wildman–Crippen LogP) is 6.27. The molecule has 6 aromatic carbocycles. The molecule has 1 aliphatic heterocycles. The van der Waals surface area contributed by atoms with Crippen LogP contribution in [0.25, 0.3) is 27.5 Å². The molecule has 1 aromatic heterocycles. The number of hydrogen-bond donors (Lipinski definition) is 0. The van der Waals surface area contributed by atoms with E-state index in [1.165, 1.54) is 48.2 Å². The fraction of sp³-hybridized carbons (Fsp3) is 0. The highest BCUT2D eigenvalue weighted by atomic mass is 28.3. The van der Waals surface area contributed by atoms with Crippen LogP contribution in [0.2, 0.25) is 0 Å². The molecule has 0 bridgehead atoms. The number of fused-ring (bicyclic) bond motifs is 5. The number of rotatable bonds is 3. The molecule has 0 aliphatic carbocycles. The summed E-state index contributed by atoms with van der Waals surface area (Å²) < 4.78 is 8.87. The molecule has 39 heavy (non-hydrogen) atoms. The van der Waals surface area contributed by atoms with E-state index in [0.717, 1.165) is 11.5 Å². The molecule has 0 unspecified atom stereocenters. The lowest BCUT2D eigenvalue weighted by molar-refractivity contribution is 0.487. The van der Waals surface area contributed by atoms with E-state index in [2.05, 4.69) is 156 Å². The highest BCUT2D eigenvalue weighted by Crippen LogP contribution is 2.32. The Bertz CT molecular complexity index is 1890. The van der Waals surface area contributed by atoms with Gasteiger partial charge in [0.15, 0.2) is 8.07 Å². The molecule has 0 amide bonds. The second-order valence-electron chi connectivity index (χ2n) is 10.1. The number of ether oxygens (including phenoxy) is 1. The van der Waals surface area contributed by atoms with Crippen LogP contribution in [0.3, 0.4) is 0 Å². The molecule has 2 heterocycles. The van der Waals surface area contributed by atoms with Crippen LogP contribution in [0, 0.1) is 0 Å². The van der Waals surface area contributed by atoms with Crippen LogP contribution in [0.4, 0.5) is 0 Å². The third-order valence-electron chi connectivity index (χ3n) is 8.15. The van der Waals surface area contributed by atoms with E-state index < -0.39 is 8.07 Å². The number of aromatic nitrogens is 1. The molecular weight excluding hydrogens is 490 g/mol. The van der Waals surface area contributed by atoms with Crippen LogP contribution >= 0.6 is 0 Å². The van der Waals surface area contributed by atoms with Crippen molar-refractivity contribution in [2.24, 2.45) is 0 Å². The summed E-state index contributed by atoms with van der Waals surface area (Å²) in [6.07, 6.45) is 0. The molecule has 184 valence electrons. The van der Waals surface area contributed by atoms with E-state index in [1.54, 1.807) is 0 Å². The topological polar surface area (TPSA) is 14.2 Å². The van der Waals surface area contributed by atoms with Gasteiger partial charge in [0.25, 0.3) is 0 Å². The SMILES string of the molecule is c1ccc([Si]2(c3ccc(-n4c5ccccc5c5ccccc54)cc3)c3ccccc3Oc3ccccc32)cc1. The molecule has 8 rings (SSSR count). The summed E-state index contributed by atoms with van der Waals surface area (Å²) in [6.45, 7) is 0. The highest BCUT2D eigenvalue weighted by Gasteiger charge is 2.47. The van der Waals surface area contributed by atoms with Gasteiger partial charge in [0.2, 0.25) is 0 Å². The van der Waals surface area contributed by atoms with Crippen molar-refractivity contribution in [3.05, 3.63) is 152 Å². The maximum atomic E-state index is 6.49. The molecule has 0 fully saturated rings. The lowest BCUT2D eigenvalue weighted by atomic mass is 10.2. The van der Waals surface area contributed by atoms with Gasteiger partial charge >= 0.3 is 0 Å². The Kier molecular flexibility index (Phi) is 4.88. The maximum absolute atomic E-state index is 6.49. The highest BCUT2D eigenvalue weighted by molar-refractivity contribution is 7.20. The van der Waals surface area contributed by atoms with Crippen LogP contribution < -0.4 is 25.5 Å². The Hall–Kier alpha value is -4.86. The lowest BCUT2D eigenvalue weighted by Crippen LogP contribution is -2.76. The Morgan fingerprint density at radius 3 is 1.46 bits per heavy atom. The smallest absolute Gasteiger partial charge is 0.188 e. The van der Waals surface area contributed by atoms with Crippen LogP contribution in [-0.2, 0) is 0 Å². The summed E-state index contributed by atoms with van der Waals surface area (Å²) in [5.41, 5.74) is 3.62. The van der Waals surface area contributed by atoms with Crippen molar-refractivity contribution in [3.63, 3.8) is 0 Å². The molecule has 0 saturated heterocycles. The average Bonchev–Trinajstić information content (AvgIpc) is 3.35. The van der Waals surface area contributed by atoms with Crippen molar-refractivity contribution in [2.45, 2.75) is 0 Å². The van der Waals surface area contributed by atoms with Crippen molar-refractivity contribution in [3.8, 4) is 17.2 Å². The third kappa shape index (κ3) is 3.14. The van der Waals surface area contributed by atoms with Crippen LogP contribution in [0.5, 0.6) is 11.5 Å². The van der Waals surface area contributed by atoms with Gasteiger partial charge in [0.05, 0.1) is 11.0 Å².